The van der Waals surface area contributed by atoms with Crippen molar-refractivity contribution in [3.8, 4) is 29.0 Å². The quantitative estimate of drug-likeness (QED) is 0.165. The molecule has 6 aromatic rings. The Bertz CT molecular complexity index is 2280. The number of hydrogen-bond donors (Lipinski definition) is 1. The first-order chi connectivity index (χ1) is 23.9. The monoisotopic (exact) mass is 678 g/mol. The Balaban J connectivity index is 0.974. The minimum absolute atomic E-state index is 0.00625. The fraction of sp³-hybridized carbons (Fsp3) is 0.250. The lowest BCUT2D eigenvalue weighted by Gasteiger charge is -2.27. The van der Waals surface area contributed by atoms with Crippen molar-refractivity contribution in [2.75, 3.05) is 6.61 Å². The van der Waals surface area contributed by atoms with Crippen LogP contribution < -0.4 is 4.74 Å². The number of rotatable bonds is 10. The van der Waals surface area contributed by atoms with Crippen molar-refractivity contribution in [3.63, 3.8) is 0 Å². The van der Waals surface area contributed by atoms with Crippen LogP contribution in [-0.2, 0) is 24.3 Å². The molecule has 2 fully saturated rings. The summed E-state index contributed by atoms with van der Waals surface area (Å²) in [5, 5.41) is 14.6. The summed E-state index contributed by atoms with van der Waals surface area (Å²) < 4.78 is 46.4. The number of carboxylic acids is 1. The lowest BCUT2D eigenvalue weighted by Crippen LogP contribution is -2.31. The summed E-state index contributed by atoms with van der Waals surface area (Å²) in [7, 11) is 0. The van der Waals surface area contributed by atoms with Gasteiger partial charge in [0.25, 0.3) is 0 Å². The molecule has 0 amide bonds. The van der Waals surface area contributed by atoms with E-state index in [0.29, 0.717) is 41.1 Å². The van der Waals surface area contributed by atoms with Gasteiger partial charge < -0.3 is 19.1 Å². The number of pyridine rings is 1. The van der Waals surface area contributed by atoms with Crippen molar-refractivity contribution in [3.05, 3.63) is 111 Å². The number of aromatic nitrogens is 6. The third kappa shape index (κ3) is 6.65. The highest BCUT2D eigenvalue weighted by atomic mass is 32.1. The lowest BCUT2D eigenvalue weighted by molar-refractivity contribution is -0.0589. The Labute approximate surface area is 283 Å². The summed E-state index contributed by atoms with van der Waals surface area (Å²) >= 11 is 1.40. The van der Waals surface area contributed by atoms with Crippen molar-refractivity contribution < 1.29 is 28.2 Å². The maximum absolute atomic E-state index is 15.6. The minimum Gasteiger partial charge on any atom is -0.478 e. The zero-order chi connectivity index (χ0) is 33.5. The van der Waals surface area contributed by atoms with Crippen LogP contribution in [0.3, 0.4) is 0 Å². The number of hydrogen-bond acceptors (Lipinski definition) is 8. The molecule has 0 radical (unpaired) electrons. The second kappa shape index (κ2) is 12.9. The maximum Gasteiger partial charge on any atom is 0.335 e. The van der Waals surface area contributed by atoms with Gasteiger partial charge in [-0.3, -0.25) is 4.68 Å². The fourth-order valence-corrected chi connectivity index (χ4v) is 6.34. The number of carboxylic acid groups (broad SMARTS) is 1. The zero-order valence-corrected chi connectivity index (χ0v) is 26.8. The summed E-state index contributed by atoms with van der Waals surface area (Å²) in [6.07, 6.45) is 8.51. The van der Waals surface area contributed by atoms with Crippen LogP contribution in [0.4, 0.5) is 8.78 Å². The molecule has 1 N–H and O–H groups in total. The number of thiazole rings is 1. The van der Waals surface area contributed by atoms with Crippen LogP contribution in [0.25, 0.3) is 22.3 Å². The van der Waals surface area contributed by atoms with E-state index in [9.17, 15) is 9.90 Å². The number of carbonyl (C=O) groups is 1. The molecule has 13 heteroatoms. The standard InChI is InChI=1S/C36H28F2N6O4S/c37-28-15-27(29(38)12-23(28)14-33-41-31-9-5-22(36(45)46)13-32(31)43(33)19-25-10-11-47-25)30-2-1-3-34(42-30)48-20-35-39-17-26(49-35)8-4-21-16-40-44(18-21)24-6-7-24/h1-3,5,9,12-13,15-18,24-25H,6-7,10-11,14,19-20H2,(H,45,46). The van der Waals surface area contributed by atoms with Crippen LogP contribution in [0.1, 0.15) is 62.5 Å². The predicted molar refractivity (Wildman–Crippen MR) is 176 cm³/mol. The van der Waals surface area contributed by atoms with Crippen LogP contribution in [-0.4, -0.2) is 53.1 Å². The van der Waals surface area contributed by atoms with Crippen LogP contribution in [0.15, 0.2) is 67.1 Å². The van der Waals surface area contributed by atoms with Gasteiger partial charge in [0.05, 0.1) is 63.8 Å². The third-order valence-corrected chi connectivity index (χ3v) is 9.37. The first kappa shape index (κ1) is 30.9. The number of aromatic carboxylic acids is 1. The van der Waals surface area contributed by atoms with Crippen LogP contribution in [0.5, 0.6) is 5.88 Å². The zero-order valence-electron chi connectivity index (χ0n) is 26.0. The van der Waals surface area contributed by atoms with Crippen LogP contribution in [0, 0.1) is 23.5 Å². The van der Waals surface area contributed by atoms with Gasteiger partial charge in [-0.25, -0.2) is 28.5 Å². The number of fused-ring (bicyclic) bond motifs is 1. The van der Waals surface area contributed by atoms with E-state index in [1.54, 1.807) is 42.7 Å². The Hall–Kier alpha value is -5.45. The normalized spacial score (nSPS) is 15.5. The number of ether oxygens (including phenoxy) is 2. The molecule has 10 nitrogen and oxygen atoms in total. The molecule has 4 aromatic heterocycles. The van der Waals surface area contributed by atoms with Gasteiger partial charge in [0.15, 0.2) is 0 Å². The lowest BCUT2D eigenvalue weighted by atomic mass is 10.0. The number of halogens is 2. The van der Waals surface area contributed by atoms with Gasteiger partial charge in [0, 0.05) is 30.9 Å². The highest BCUT2D eigenvalue weighted by Crippen LogP contribution is 2.34. The summed E-state index contributed by atoms with van der Waals surface area (Å²) in [5.74, 6) is 4.63. The molecule has 1 aliphatic carbocycles. The van der Waals surface area contributed by atoms with Gasteiger partial charge in [0.1, 0.15) is 29.1 Å². The van der Waals surface area contributed by atoms with E-state index in [-0.39, 0.29) is 47.4 Å². The SMILES string of the molecule is O=C(O)c1ccc2nc(Cc3cc(F)c(-c4cccc(OCc5ncc(C#Cc6cnn(C7CC7)c6)s5)n4)cc3F)n(CC3CCO3)c2c1. The largest absolute Gasteiger partial charge is 0.478 e. The first-order valence-corrected chi connectivity index (χ1v) is 16.6. The van der Waals surface area contributed by atoms with Crippen molar-refractivity contribution in [2.24, 2.45) is 0 Å². The van der Waals surface area contributed by atoms with Gasteiger partial charge in [-0.05, 0) is 67.1 Å². The summed E-state index contributed by atoms with van der Waals surface area (Å²) in [5.41, 5.74) is 2.45. The van der Waals surface area contributed by atoms with Gasteiger partial charge in [-0.15, -0.1) is 11.3 Å². The number of benzene rings is 2. The van der Waals surface area contributed by atoms with Crippen molar-refractivity contribution in [1.29, 1.82) is 0 Å². The average Bonchev–Trinajstić information content (AvgIpc) is 3.48. The molecule has 1 saturated carbocycles. The minimum atomic E-state index is -1.06. The predicted octanol–water partition coefficient (Wildman–Crippen LogP) is 6.42. The summed E-state index contributed by atoms with van der Waals surface area (Å²) in [6, 6.07) is 12.3. The molecule has 0 bridgehead atoms. The molecule has 5 heterocycles. The number of nitrogens with zero attached hydrogens (tertiary/aromatic N) is 6. The second-order valence-electron chi connectivity index (χ2n) is 12.0. The van der Waals surface area contributed by atoms with Gasteiger partial charge in [0.2, 0.25) is 5.88 Å². The molecule has 49 heavy (non-hydrogen) atoms. The topological polar surface area (TPSA) is 117 Å². The molecule has 246 valence electrons. The van der Waals surface area contributed by atoms with Gasteiger partial charge >= 0.3 is 5.97 Å². The van der Waals surface area contributed by atoms with Crippen LogP contribution in [0.2, 0.25) is 0 Å². The average molecular weight is 679 g/mol. The summed E-state index contributed by atoms with van der Waals surface area (Å²) in [6.45, 7) is 1.21. The van der Waals surface area contributed by atoms with E-state index in [1.165, 1.54) is 17.4 Å². The van der Waals surface area contributed by atoms with E-state index in [0.717, 1.165) is 41.8 Å². The Morgan fingerprint density at radius 3 is 2.73 bits per heavy atom. The highest BCUT2D eigenvalue weighted by Gasteiger charge is 2.25. The highest BCUT2D eigenvalue weighted by molar-refractivity contribution is 7.12. The van der Waals surface area contributed by atoms with E-state index >= 15 is 8.78 Å². The molecule has 1 aliphatic heterocycles. The second-order valence-corrected chi connectivity index (χ2v) is 13.1. The first-order valence-electron chi connectivity index (χ1n) is 15.8. The fourth-order valence-electron chi connectivity index (χ4n) is 5.66. The van der Waals surface area contributed by atoms with E-state index in [1.807, 2.05) is 15.4 Å². The molecule has 8 rings (SSSR count). The molecule has 1 unspecified atom stereocenters. The molecule has 0 spiro atoms. The van der Waals surface area contributed by atoms with Gasteiger partial charge in [-0.2, -0.15) is 5.10 Å². The molecule has 2 aliphatic rings. The number of imidazole rings is 1. The van der Waals surface area contributed by atoms with E-state index in [2.05, 4.69) is 31.9 Å². The van der Waals surface area contributed by atoms with E-state index in [4.69, 9.17) is 9.47 Å². The van der Waals surface area contributed by atoms with Crippen molar-refractivity contribution in [1.82, 2.24) is 29.3 Å². The Kier molecular flexibility index (Phi) is 8.10. The third-order valence-electron chi connectivity index (χ3n) is 8.49. The van der Waals surface area contributed by atoms with E-state index < -0.39 is 17.6 Å². The summed E-state index contributed by atoms with van der Waals surface area (Å²) in [4.78, 5) is 25.9. The Morgan fingerprint density at radius 1 is 1.06 bits per heavy atom. The molecule has 2 aromatic carbocycles. The molecular weight excluding hydrogens is 650 g/mol. The maximum atomic E-state index is 15.6. The van der Waals surface area contributed by atoms with Gasteiger partial charge in [-0.1, -0.05) is 12.0 Å². The Morgan fingerprint density at radius 2 is 1.94 bits per heavy atom. The molecule has 1 saturated heterocycles. The molecular formula is C36H28F2N6O4S. The van der Waals surface area contributed by atoms with Crippen molar-refractivity contribution in [2.45, 2.75) is 51.0 Å². The smallest absolute Gasteiger partial charge is 0.335 e. The van der Waals surface area contributed by atoms with Crippen molar-refractivity contribution >= 4 is 28.3 Å². The molecule has 1 atom stereocenters. The van der Waals surface area contributed by atoms with Crippen LogP contribution >= 0.6 is 11.3 Å².